The monoisotopic (exact) mass is 364 g/mol. The zero-order chi connectivity index (χ0) is 18.6. The Morgan fingerprint density at radius 2 is 2.15 bits per heavy atom. The van der Waals surface area contributed by atoms with Crippen LogP contribution in [0.5, 0.6) is 0 Å². The van der Waals surface area contributed by atoms with Crippen LogP contribution in [0.3, 0.4) is 0 Å². The van der Waals surface area contributed by atoms with Crippen molar-refractivity contribution < 1.29 is 9.90 Å². The number of nitrogens with one attached hydrogen (secondary N) is 2. The summed E-state index contributed by atoms with van der Waals surface area (Å²) in [6, 6.07) is 9.97. The molecule has 3 aromatic rings. The minimum absolute atomic E-state index is 0.0399. The molecule has 3 N–H and O–H groups in total. The summed E-state index contributed by atoms with van der Waals surface area (Å²) in [5.41, 5.74) is 3.06. The summed E-state index contributed by atoms with van der Waals surface area (Å²) >= 11 is 0. The van der Waals surface area contributed by atoms with Gasteiger partial charge in [-0.05, 0) is 54.9 Å². The van der Waals surface area contributed by atoms with E-state index in [1.807, 2.05) is 36.7 Å². The van der Waals surface area contributed by atoms with E-state index in [-0.39, 0.29) is 24.0 Å². The molecule has 1 aromatic carbocycles. The summed E-state index contributed by atoms with van der Waals surface area (Å²) in [5.74, 6) is 0.291. The van der Waals surface area contributed by atoms with Crippen LogP contribution in [0, 0.1) is 5.92 Å². The van der Waals surface area contributed by atoms with Gasteiger partial charge in [-0.15, -0.1) is 0 Å². The minimum atomic E-state index is -0.260. The van der Waals surface area contributed by atoms with Gasteiger partial charge in [0.1, 0.15) is 0 Å². The molecule has 6 heteroatoms. The molecule has 1 saturated carbocycles. The van der Waals surface area contributed by atoms with Crippen molar-refractivity contribution in [1.82, 2.24) is 20.5 Å². The molecule has 0 spiro atoms. The lowest BCUT2D eigenvalue weighted by molar-refractivity contribution is -0.123. The molecule has 1 aliphatic rings. The molecule has 2 heterocycles. The normalized spacial score (nSPS) is 20.2. The Kier molecular flexibility index (Phi) is 5.16. The highest BCUT2D eigenvalue weighted by Gasteiger charge is 2.35. The predicted molar refractivity (Wildman–Crippen MR) is 103 cm³/mol. The third-order valence-electron chi connectivity index (χ3n) is 5.33. The number of carbonyl (C=O) groups is 1. The molecule has 1 amide bonds. The van der Waals surface area contributed by atoms with Crippen LogP contribution in [-0.4, -0.2) is 32.3 Å². The van der Waals surface area contributed by atoms with Crippen LogP contribution in [0.4, 0.5) is 0 Å². The van der Waals surface area contributed by atoms with Crippen molar-refractivity contribution in [1.29, 1.82) is 0 Å². The van der Waals surface area contributed by atoms with E-state index in [2.05, 4.69) is 26.6 Å². The molecule has 2 aromatic heterocycles. The van der Waals surface area contributed by atoms with Crippen LogP contribution in [0.25, 0.3) is 10.9 Å². The maximum absolute atomic E-state index is 12.5. The Balaban J connectivity index is 1.44. The number of nitrogens with zero attached hydrogens (tertiary/aromatic N) is 2. The molecule has 6 nitrogen and oxygen atoms in total. The smallest absolute Gasteiger partial charge is 0.220 e. The second-order valence-corrected chi connectivity index (χ2v) is 7.35. The number of aryl methyl sites for hydroxylation is 1. The van der Waals surface area contributed by atoms with Crippen LogP contribution in [-0.2, 0) is 11.2 Å². The highest BCUT2D eigenvalue weighted by atomic mass is 16.3. The lowest BCUT2D eigenvalue weighted by Crippen LogP contribution is -2.41. The number of hydrogen-bond acceptors (Lipinski definition) is 4. The molecule has 0 unspecified atom stereocenters. The zero-order valence-electron chi connectivity index (χ0n) is 15.1. The van der Waals surface area contributed by atoms with E-state index in [0.29, 0.717) is 19.3 Å². The quantitative estimate of drug-likeness (QED) is 0.601. The summed E-state index contributed by atoms with van der Waals surface area (Å²) < 4.78 is 0. The highest BCUT2D eigenvalue weighted by molar-refractivity contribution is 5.80. The third kappa shape index (κ3) is 4.17. The van der Waals surface area contributed by atoms with E-state index in [9.17, 15) is 9.90 Å². The van der Waals surface area contributed by atoms with E-state index in [0.717, 1.165) is 34.9 Å². The highest BCUT2D eigenvalue weighted by Crippen LogP contribution is 2.38. The Hall–Kier alpha value is -2.73. The molecule has 1 atom stereocenters. The molecule has 27 heavy (non-hydrogen) atoms. The first-order valence-corrected chi connectivity index (χ1v) is 9.49. The number of fused-ring (bicyclic) bond motifs is 1. The fraction of sp³-hybridized carbons (Fsp3) is 0.381. The van der Waals surface area contributed by atoms with Crippen LogP contribution in [0.15, 0.2) is 48.9 Å². The number of aromatic amines is 1. The minimum Gasteiger partial charge on any atom is -0.393 e. The van der Waals surface area contributed by atoms with Gasteiger partial charge < -0.3 is 10.4 Å². The van der Waals surface area contributed by atoms with Gasteiger partial charge in [0.25, 0.3) is 0 Å². The summed E-state index contributed by atoms with van der Waals surface area (Å²) in [5, 5.41) is 20.7. The standard InChI is InChI=1S/C21H24N4O2/c26-18-9-16(10-18)21(17-8-15-5-1-2-6-19(15)22-13-17)25-20(27)7-3-4-14-11-23-24-12-14/h1-2,5-6,8,11-13,16,18,21,26H,3-4,7,9-10H2,(H,23,24)(H,25,27)/t16?,18?,21-/m0/s1. The van der Waals surface area contributed by atoms with Gasteiger partial charge in [0.05, 0.1) is 23.9 Å². The van der Waals surface area contributed by atoms with Crippen LogP contribution >= 0.6 is 0 Å². The van der Waals surface area contributed by atoms with Gasteiger partial charge >= 0.3 is 0 Å². The van der Waals surface area contributed by atoms with E-state index in [1.165, 1.54) is 0 Å². The molecule has 1 aliphatic carbocycles. The topological polar surface area (TPSA) is 90.9 Å². The number of hydrogen-bond donors (Lipinski definition) is 3. The third-order valence-corrected chi connectivity index (χ3v) is 5.33. The number of aromatic nitrogens is 3. The molecule has 4 rings (SSSR count). The predicted octanol–water partition coefficient (Wildman–Crippen LogP) is 2.91. The molecular weight excluding hydrogens is 340 g/mol. The first-order chi connectivity index (χ1) is 13.2. The maximum atomic E-state index is 12.5. The lowest BCUT2D eigenvalue weighted by Gasteiger charge is -2.38. The Bertz CT molecular complexity index is 903. The van der Waals surface area contributed by atoms with Gasteiger partial charge in [-0.2, -0.15) is 5.10 Å². The number of carbonyl (C=O) groups excluding carboxylic acids is 1. The summed E-state index contributed by atoms with van der Waals surface area (Å²) in [7, 11) is 0. The largest absolute Gasteiger partial charge is 0.393 e. The van der Waals surface area contributed by atoms with Crippen molar-refractivity contribution >= 4 is 16.8 Å². The van der Waals surface area contributed by atoms with Crippen LogP contribution in [0.1, 0.15) is 42.9 Å². The van der Waals surface area contributed by atoms with Gasteiger partial charge in [0, 0.05) is 24.2 Å². The van der Waals surface area contributed by atoms with Gasteiger partial charge in [0.2, 0.25) is 5.91 Å². The summed E-state index contributed by atoms with van der Waals surface area (Å²) in [6.45, 7) is 0. The Labute approximate surface area is 158 Å². The Morgan fingerprint density at radius 3 is 2.93 bits per heavy atom. The molecule has 1 fully saturated rings. The SMILES string of the molecule is O=C(CCCc1cn[nH]c1)N[C@H](c1cnc2ccccc2c1)C1CC(O)C1. The fourth-order valence-corrected chi connectivity index (χ4v) is 3.75. The molecular formula is C21H24N4O2. The van der Waals surface area contributed by atoms with E-state index >= 15 is 0 Å². The van der Waals surface area contributed by atoms with E-state index in [4.69, 9.17) is 0 Å². The van der Waals surface area contributed by atoms with Gasteiger partial charge in [-0.3, -0.25) is 14.9 Å². The first kappa shape index (κ1) is 17.7. The summed E-state index contributed by atoms with van der Waals surface area (Å²) in [6.07, 6.45) is 8.74. The van der Waals surface area contributed by atoms with Crippen LogP contribution in [0.2, 0.25) is 0 Å². The molecule has 0 bridgehead atoms. The van der Waals surface area contributed by atoms with Gasteiger partial charge in [0.15, 0.2) is 0 Å². The molecule has 0 aliphatic heterocycles. The molecule has 140 valence electrons. The van der Waals surface area contributed by atoms with Crippen molar-refractivity contribution in [2.75, 3.05) is 0 Å². The van der Waals surface area contributed by atoms with Gasteiger partial charge in [-0.1, -0.05) is 18.2 Å². The fourth-order valence-electron chi connectivity index (χ4n) is 3.75. The number of benzene rings is 1. The second-order valence-electron chi connectivity index (χ2n) is 7.35. The number of pyridine rings is 1. The summed E-state index contributed by atoms with van der Waals surface area (Å²) in [4.78, 5) is 17.1. The number of H-pyrrole nitrogens is 1. The van der Waals surface area contributed by atoms with Crippen molar-refractivity contribution in [3.05, 3.63) is 60.0 Å². The zero-order valence-corrected chi connectivity index (χ0v) is 15.1. The Morgan fingerprint density at radius 1 is 1.30 bits per heavy atom. The van der Waals surface area contributed by atoms with E-state index in [1.54, 1.807) is 6.20 Å². The van der Waals surface area contributed by atoms with Gasteiger partial charge in [-0.25, -0.2) is 0 Å². The average molecular weight is 364 g/mol. The number of rotatable bonds is 7. The second kappa shape index (κ2) is 7.88. The van der Waals surface area contributed by atoms with Crippen LogP contribution < -0.4 is 5.32 Å². The first-order valence-electron chi connectivity index (χ1n) is 9.49. The number of amides is 1. The van der Waals surface area contributed by atoms with Crippen molar-refractivity contribution in [3.63, 3.8) is 0 Å². The maximum Gasteiger partial charge on any atom is 0.220 e. The van der Waals surface area contributed by atoms with Crippen molar-refractivity contribution in [3.8, 4) is 0 Å². The lowest BCUT2D eigenvalue weighted by atomic mass is 9.75. The number of aliphatic hydroxyl groups is 1. The number of aliphatic hydroxyl groups excluding tert-OH is 1. The molecule has 0 radical (unpaired) electrons. The van der Waals surface area contributed by atoms with E-state index < -0.39 is 0 Å². The molecule has 0 saturated heterocycles. The van der Waals surface area contributed by atoms with Crippen molar-refractivity contribution in [2.24, 2.45) is 5.92 Å². The average Bonchev–Trinajstić information content (AvgIpc) is 3.17. The van der Waals surface area contributed by atoms with Crippen molar-refractivity contribution in [2.45, 2.75) is 44.2 Å². The number of para-hydroxylation sites is 1.